The smallest absolute Gasteiger partial charge is 0.264 e. The Morgan fingerprint density at radius 1 is 1.00 bits per heavy atom. The third-order valence-corrected chi connectivity index (χ3v) is 8.91. The molecule has 0 spiro atoms. The minimum atomic E-state index is -3.96. The van der Waals surface area contributed by atoms with Gasteiger partial charge in [0.2, 0.25) is 0 Å². The van der Waals surface area contributed by atoms with Gasteiger partial charge >= 0.3 is 0 Å². The van der Waals surface area contributed by atoms with Gasteiger partial charge in [0.25, 0.3) is 15.9 Å². The fraction of sp³-hybridized carbons (Fsp3) is 0.321. The van der Waals surface area contributed by atoms with E-state index in [1.54, 1.807) is 36.4 Å². The molecule has 1 unspecified atom stereocenters. The Balaban J connectivity index is 1.39. The first kappa shape index (κ1) is 25.1. The summed E-state index contributed by atoms with van der Waals surface area (Å²) in [7, 11) is -2.44. The number of nitrogens with zero attached hydrogens (tertiary/aromatic N) is 1. The van der Waals surface area contributed by atoms with Gasteiger partial charge in [-0.3, -0.25) is 9.10 Å². The molecule has 194 valence electrons. The summed E-state index contributed by atoms with van der Waals surface area (Å²) in [4.78, 5) is 13.5. The molecule has 1 N–H and O–H groups in total. The van der Waals surface area contributed by atoms with Crippen molar-refractivity contribution >= 4 is 21.6 Å². The van der Waals surface area contributed by atoms with Crippen LogP contribution in [-0.2, 0) is 25.0 Å². The van der Waals surface area contributed by atoms with Crippen LogP contribution in [0.2, 0.25) is 0 Å². The normalized spacial score (nSPS) is 18.8. The SMILES string of the molecule is COc1ccc(S(=O)(=O)N2CC(C(=O)NCC3(c4ccccc4)CCOCC3)Oc3ccccc32)cc1. The van der Waals surface area contributed by atoms with Crippen LogP contribution in [-0.4, -0.2) is 53.8 Å². The number of para-hydroxylation sites is 2. The average molecular weight is 523 g/mol. The number of sulfonamides is 1. The lowest BCUT2D eigenvalue weighted by atomic mass is 9.74. The molecule has 0 aromatic heterocycles. The molecule has 1 fully saturated rings. The van der Waals surface area contributed by atoms with Crippen LogP contribution in [0.15, 0.2) is 83.8 Å². The minimum absolute atomic E-state index is 0.106. The maximum Gasteiger partial charge on any atom is 0.264 e. The Kier molecular flexibility index (Phi) is 7.08. The summed E-state index contributed by atoms with van der Waals surface area (Å²) in [5.41, 5.74) is 1.29. The zero-order valence-electron chi connectivity index (χ0n) is 20.6. The van der Waals surface area contributed by atoms with Crippen molar-refractivity contribution < 1.29 is 27.4 Å². The van der Waals surface area contributed by atoms with Crippen molar-refractivity contribution in [2.75, 3.05) is 37.7 Å². The van der Waals surface area contributed by atoms with E-state index < -0.39 is 16.1 Å². The largest absolute Gasteiger partial charge is 0.497 e. The zero-order chi connectivity index (χ0) is 25.9. The molecule has 5 rings (SSSR count). The van der Waals surface area contributed by atoms with E-state index in [4.69, 9.17) is 14.2 Å². The lowest BCUT2D eigenvalue weighted by Crippen LogP contribution is -2.53. The van der Waals surface area contributed by atoms with Crippen LogP contribution >= 0.6 is 0 Å². The summed E-state index contributed by atoms with van der Waals surface area (Å²) in [5, 5.41) is 3.06. The summed E-state index contributed by atoms with van der Waals surface area (Å²) in [6.45, 7) is 1.50. The van der Waals surface area contributed by atoms with Crippen LogP contribution in [0.5, 0.6) is 11.5 Å². The van der Waals surface area contributed by atoms with Crippen LogP contribution in [0.3, 0.4) is 0 Å². The van der Waals surface area contributed by atoms with Gasteiger partial charge in [0.05, 0.1) is 24.2 Å². The first-order valence-electron chi connectivity index (χ1n) is 12.3. The van der Waals surface area contributed by atoms with E-state index in [1.807, 2.05) is 18.2 Å². The number of anilines is 1. The third kappa shape index (κ3) is 5.01. The van der Waals surface area contributed by atoms with E-state index in [0.717, 1.165) is 18.4 Å². The number of carbonyl (C=O) groups is 1. The Morgan fingerprint density at radius 2 is 1.68 bits per heavy atom. The van der Waals surface area contributed by atoms with Gasteiger partial charge in [0.1, 0.15) is 11.5 Å². The van der Waals surface area contributed by atoms with Gasteiger partial charge < -0.3 is 19.5 Å². The number of carbonyl (C=O) groups excluding carboxylic acids is 1. The molecular formula is C28H30N2O6S. The summed E-state index contributed by atoms with van der Waals surface area (Å²) in [6.07, 6.45) is 0.559. The molecule has 0 bridgehead atoms. The minimum Gasteiger partial charge on any atom is -0.497 e. The predicted molar refractivity (Wildman–Crippen MR) is 140 cm³/mol. The van der Waals surface area contributed by atoms with E-state index in [-0.39, 0.29) is 22.8 Å². The highest BCUT2D eigenvalue weighted by molar-refractivity contribution is 7.92. The van der Waals surface area contributed by atoms with Crippen molar-refractivity contribution in [3.8, 4) is 11.5 Å². The fourth-order valence-corrected chi connectivity index (χ4v) is 6.41. The molecule has 9 heteroatoms. The third-order valence-electron chi connectivity index (χ3n) is 7.11. The summed E-state index contributed by atoms with van der Waals surface area (Å²) < 4.78 is 45.3. The molecule has 0 radical (unpaired) electrons. The van der Waals surface area contributed by atoms with Crippen molar-refractivity contribution in [2.45, 2.75) is 29.3 Å². The molecule has 2 aliphatic rings. The van der Waals surface area contributed by atoms with Crippen molar-refractivity contribution in [3.63, 3.8) is 0 Å². The van der Waals surface area contributed by atoms with Crippen molar-refractivity contribution in [3.05, 3.63) is 84.4 Å². The highest BCUT2D eigenvalue weighted by Gasteiger charge is 2.39. The number of benzene rings is 3. The predicted octanol–water partition coefficient (Wildman–Crippen LogP) is 3.52. The van der Waals surface area contributed by atoms with Crippen molar-refractivity contribution in [2.24, 2.45) is 0 Å². The second-order valence-electron chi connectivity index (χ2n) is 9.26. The van der Waals surface area contributed by atoms with E-state index >= 15 is 0 Å². The van der Waals surface area contributed by atoms with Gasteiger partial charge in [0, 0.05) is 25.2 Å². The molecule has 1 saturated heterocycles. The van der Waals surface area contributed by atoms with Gasteiger partial charge in [-0.25, -0.2) is 8.42 Å². The monoisotopic (exact) mass is 522 g/mol. The standard InChI is InChI=1S/C28H30N2O6S/c1-34-22-11-13-23(14-12-22)37(32,33)30-19-26(36-25-10-6-5-9-24(25)30)27(31)29-20-28(15-17-35-18-16-28)21-7-3-2-4-8-21/h2-14,26H,15-20H2,1H3,(H,29,31). The molecule has 0 aliphatic carbocycles. The lowest BCUT2D eigenvalue weighted by molar-refractivity contribution is -0.128. The molecule has 3 aromatic carbocycles. The number of fused-ring (bicyclic) bond motifs is 1. The Hall–Kier alpha value is -3.56. The Bertz CT molecular complexity index is 1340. The maximum atomic E-state index is 13.6. The number of methoxy groups -OCH3 is 1. The van der Waals surface area contributed by atoms with E-state index in [2.05, 4.69) is 17.4 Å². The number of nitrogens with one attached hydrogen (secondary N) is 1. The highest BCUT2D eigenvalue weighted by atomic mass is 32.2. The van der Waals surface area contributed by atoms with E-state index in [1.165, 1.54) is 23.5 Å². The topological polar surface area (TPSA) is 94.2 Å². The van der Waals surface area contributed by atoms with Crippen LogP contribution in [0.4, 0.5) is 5.69 Å². The maximum absolute atomic E-state index is 13.6. The van der Waals surface area contributed by atoms with Crippen LogP contribution in [0, 0.1) is 0 Å². The molecule has 1 amide bonds. The van der Waals surface area contributed by atoms with Crippen LogP contribution < -0.4 is 19.1 Å². The summed E-state index contributed by atoms with van der Waals surface area (Å²) in [6, 6.07) is 23.2. The number of hydrogen-bond donors (Lipinski definition) is 1. The molecule has 2 aliphatic heterocycles. The second-order valence-corrected chi connectivity index (χ2v) is 11.1. The van der Waals surface area contributed by atoms with Crippen molar-refractivity contribution in [1.29, 1.82) is 0 Å². The molecule has 1 atom stereocenters. The van der Waals surface area contributed by atoms with Gasteiger partial charge in [-0.1, -0.05) is 42.5 Å². The molecule has 3 aromatic rings. The van der Waals surface area contributed by atoms with E-state index in [9.17, 15) is 13.2 Å². The first-order chi connectivity index (χ1) is 17.9. The number of hydrogen-bond acceptors (Lipinski definition) is 6. The fourth-order valence-electron chi connectivity index (χ4n) is 4.93. The molecule has 2 heterocycles. The van der Waals surface area contributed by atoms with Crippen LogP contribution in [0.25, 0.3) is 0 Å². The number of ether oxygens (including phenoxy) is 3. The van der Waals surface area contributed by atoms with Gasteiger partial charge in [0.15, 0.2) is 6.10 Å². The van der Waals surface area contributed by atoms with Gasteiger partial charge in [-0.05, 0) is 54.8 Å². The van der Waals surface area contributed by atoms with Gasteiger partial charge in [-0.15, -0.1) is 0 Å². The molecule has 8 nitrogen and oxygen atoms in total. The summed E-state index contributed by atoms with van der Waals surface area (Å²) in [5.74, 6) is 0.542. The van der Waals surface area contributed by atoms with E-state index in [0.29, 0.717) is 36.9 Å². The lowest BCUT2D eigenvalue weighted by Gasteiger charge is -2.39. The number of amides is 1. The Morgan fingerprint density at radius 3 is 2.38 bits per heavy atom. The zero-order valence-corrected chi connectivity index (χ0v) is 21.4. The van der Waals surface area contributed by atoms with Crippen LogP contribution in [0.1, 0.15) is 18.4 Å². The molecule has 37 heavy (non-hydrogen) atoms. The van der Waals surface area contributed by atoms with Crippen molar-refractivity contribution in [1.82, 2.24) is 5.32 Å². The van der Waals surface area contributed by atoms with Gasteiger partial charge in [-0.2, -0.15) is 0 Å². The molecular weight excluding hydrogens is 492 g/mol. The highest BCUT2D eigenvalue weighted by Crippen LogP contribution is 2.38. The quantitative estimate of drug-likeness (QED) is 0.510. The molecule has 0 saturated carbocycles. The summed E-state index contributed by atoms with van der Waals surface area (Å²) >= 11 is 0. The first-order valence-corrected chi connectivity index (χ1v) is 13.7. The number of rotatable bonds is 7. The average Bonchev–Trinajstić information content (AvgIpc) is 2.96. The Labute approximate surface area is 217 Å². The second kappa shape index (κ2) is 10.4.